The summed E-state index contributed by atoms with van der Waals surface area (Å²) < 4.78 is 5.82. The Morgan fingerprint density at radius 3 is 2.80 bits per heavy atom. The van der Waals surface area contributed by atoms with Crippen molar-refractivity contribution in [3.05, 3.63) is 36.4 Å². The van der Waals surface area contributed by atoms with Crippen LogP contribution in [0, 0.1) is 0 Å². The second-order valence-corrected chi connectivity index (χ2v) is 6.06. The average molecular weight is 288 g/mol. The number of thioether (sulfide) groups is 1. The summed E-state index contributed by atoms with van der Waals surface area (Å²) in [6.07, 6.45) is 8.59. The van der Waals surface area contributed by atoms with Gasteiger partial charge in [-0.15, -0.1) is 11.8 Å². The fourth-order valence-corrected chi connectivity index (χ4v) is 2.56. The van der Waals surface area contributed by atoms with Crippen molar-refractivity contribution in [3.63, 3.8) is 0 Å². The van der Waals surface area contributed by atoms with Gasteiger partial charge in [0, 0.05) is 22.9 Å². The molecule has 2 aromatic rings. The van der Waals surface area contributed by atoms with Gasteiger partial charge in [-0.1, -0.05) is 12.1 Å². The Kier molecular flexibility index (Phi) is 4.43. The van der Waals surface area contributed by atoms with Crippen LogP contribution in [0.15, 0.2) is 39.8 Å². The number of nitrogens with one attached hydrogen (secondary N) is 1. The Hall–Kier alpha value is -1.26. The summed E-state index contributed by atoms with van der Waals surface area (Å²) in [5.74, 6) is 1.70. The number of rotatable bonds is 7. The SMILES string of the molecule is CSc1ccc(-c2cnc(CCCNC3CC3)o2)cc1. The van der Waals surface area contributed by atoms with Gasteiger partial charge in [0.25, 0.3) is 0 Å². The third kappa shape index (κ3) is 3.64. The molecule has 0 radical (unpaired) electrons. The van der Waals surface area contributed by atoms with Crippen LogP contribution in [0.1, 0.15) is 25.2 Å². The van der Waals surface area contributed by atoms with Crippen molar-refractivity contribution in [2.45, 2.75) is 36.6 Å². The van der Waals surface area contributed by atoms with Crippen LogP contribution in [-0.2, 0) is 6.42 Å². The quantitative estimate of drug-likeness (QED) is 0.622. The number of aromatic nitrogens is 1. The van der Waals surface area contributed by atoms with Gasteiger partial charge in [0.15, 0.2) is 11.7 Å². The molecule has 1 fully saturated rings. The zero-order chi connectivity index (χ0) is 13.8. The largest absolute Gasteiger partial charge is 0.441 e. The minimum absolute atomic E-state index is 0.782. The summed E-state index contributed by atoms with van der Waals surface area (Å²) in [4.78, 5) is 5.63. The molecule has 0 saturated heterocycles. The second-order valence-electron chi connectivity index (χ2n) is 5.18. The van der Waals surface area contributed by atoms with Gasteiger partial charge < -0.3 is 9.73 Å². The van der Waals surface area contributed by atoms with Gasteiger partial charge in [0.1, 0.15) is 0 Å². The lowest BCUT2D eigenvalue weighted by Crippen LogP contribution is -2.17. The highest BCUT2D eigenvalue weighted by Crippen LogP contribution is 2.24. The predicted octanol–water partition coefficient (Wildman–Crippen LogP) is 3.75. The smallest absolute Gasteiger partial charge is 0.194 e. The van der Waals surface area contributed by atoms with Gasteiger partial charge in [0.05, 0.1) is 6.20 Å². The number of oxazole rings is 1. The maximum atomic E-state index is 5.82. The first-order valence-electron chi connectivity index (χ1n) is 7.17. The van der Waals surface area contributed by atoms with Crippen LogP contribution < -0.4 is 5.32 Å². The molecule has 0 amide bonds. The molecule has 1 N–H and O–H groups in total. The Morgan fingerprint density at radius 1 is 1.30 bits per heavy atom. The van der Waals surface area contributed by atoms with Crippen LogP contribution in [0.25, 0.3) is 11.3 Å². The van der Waals surface area contributed by atoms with E-state index in [1.54, 1.807) is 11.8 Å². The minimum Gasteiger partial charge on any atom is -0.441 e. The molecule has 106 valence electrons. The van der Waals surface area contributed by atoms with E-state index in [2.05, 4.69) is 40.8 Å². The van der Waals surface area contributed by atoms with Gasteiger partial charge in [-0.2, -0.15) is 0 Å². The van der Waals surface area contributed by atoms with E-state index in [0.29, 0.717) is 0 Å². The van der Waals surface area contributed by atoms with Crippen LogP contribution in [-0.4, -0.2) is 23.8 Å². The normalized spacial score (nSPS) is 14.7. The molecule has 3 nitrogen and oxygen atoms in total. The van der Waals surface area contributed by atoms with E-state index < -0.39 is 0 Å². The van der Waals surface area contributed by atoms with Crippen molar-refractivity contribution in [2.75, 3.05) is 12.8 Å². The number of nitrogens with zero attached hydrogens (tertiary/aromatic N) is 1. The van der Waals surface area contributed by atoms with Crippen molar-refractivity contribution in [1.29, 1.82) is 0 Å². The highest BCUT2D eigenvalue weighted by molar-refractivity contribution is 7.98. The van der Waals surface area contributed by atoms with Gasteiger partial charge in [0.2, 0.25) is 0 Å². The van der Waals surface area contributed by atoms with Crippen molar-refractivity contribution in [1.82, 2.24) is 10.3 Å². The van der Waals surface area contributed by atoms with E-state index in [-0.39, 0.29) is 0 Å². The molecule has 0 unspecified atom stereocenters. The van der Waals surface area contributed by atoms with Gasteiger partial charge in [-0.3, -0.25) is 0 Å². The molecule has 0 atom stereocenters. The highest BCUT2D eigenvalue weighted by atomic mass is 32.2. The molecule has 1 aromatic carbocycles. The first-order valence-corrected chi connectivity index (χ1v) is 8.40. The van der Waals surface area contributed by atoms with Gasteiger partial charge >= 0.3 is 0 Å². The molecule has 0 spiro atoms. The maximum absolute atomic E-state index is 5.82. The fourth-order valence-electron chi connectivity index (χ4n) is 2.15. The van der Waals surface area contributed by atoms with E-state index >= 15 is 0 Å². The first-order chi connectivity index (χ1) is 9.85. The zero-order valence-corrected chi connectivity index (χ0v) is 12.6. The third-order valence-corrected chi connectivity index (χ3v) is 4.25. The maximum Gasteiger partial charge on any atom is 0.194 e. The van der Waals surface area contributed by atoms with Crippen LogP contribution in [0.3, 0.4) is 0 Å². The number of aryl methyl sites for hydroxylation is 1. The summed E-state index contributed by atoms with van der Waals surface area (Å²) in [5.41, 5.74) is 1.10. The molecule has 1 aliphatic rings. The fraction of sp³-hybridized carbons (Fsp3) is 0.438. The molecule has 3 rings (SSSR count). The van der Waals surface area contributed by atoms with Crippen molar-refractivity contribution in [3.8, 4) is 11.3 Å². The number of benzene rings is 1. The topological polar surface area (TPSA) is 38.1 Å². The molecule has 4 heteroatoms. The molecule has 1 aliphatic carbocycles. The summed E-state index contributed by atoms with van der Waals surface area (Å²) in [5, 5.41) is 3.51. The van der Waals surface area contributed by atoms with Crippen LogP contribution in [0.5, 0.6) is 0 Å². The molecule has 1 aromatic heterocycles. The Balaban J connectivity index is 1.54. The van der Waals surface area contributed by atoms with E-state index in [1.165, 1.54) is 17.7 Å². The predicted molar refractivity (Wildman–Crippen MR) is 83.1 cm³/mol. The van der Waals surface area contributed by atoms with Crippen molar-refractivity contribution >= 4 is 11.8 Å². The van der Waals surface area contributed by atoms with Crippen molar-refractivity contribution in [2.24, 2.45) is 0 Å². The molecule has 1 saturated carbocycles. The summed E-state index contributed by atoms with van der Waals surface area (Å²) >= 11 is 1.75. The Morgan fingerprint density at radius 2 is 2.10 bits per heavy atom. The number of hydrogen-bond donors (Lipinski definition) is 1. The summed E-state index contributed by atoms with van der Waals surface area (Å²) in [7, 11) is 0. The first kappa shape index (κ1) is 13.7. The molecule has 0 bridgehead atoms. The molecular formula is C16H20N2OS. The van der Waals surface area contributed by atoms with Crippen molar-refractivity contribution < 1.29 is 4.42 Å². The lowest BCUT2D eigenvalue weighted by Gasteiger charge is -2.00. The third-order valence-electron chi connectivity index (χ3n) is 3.51. The van der Waals surface area contributed by atoms with Crippen LogP contribution in [0.4, 0.5) is 0 Å². The van der Waals surface area contributed by atoms with Crippen LogP contribution in [0.2, 0.25) is 0 Å². The molecule has 20 heavy (non-hydrogen) atoms. The second kappa shape index (κ2) is 6.46. The van der Waals surface area contributed by atoms with Gasteiger partial charge in [-0.05, 0) is 44.2 Å². The average Bonchev–Trinajstić information content (AvgIpc) is 3.20. The van der Waals surface area contributed by atoms with Gasteiger partial charge in [-0.25, -0.2) is 4.98 Å². The van der Waals surface area contributed by atoms with Crippen LogP contribution >= 0.6 is 11.8 Å². The summed E-state index contributed by atoms with van der Waals surface area (Å²) in [6, 6.07) is 9.18. The zero-order valence-electron chi connectivity index (χ0n) is 11.8. The molecular weight excluding hydrogens is 268 g/mol. The van der Waals surface area contributed by atoms with E-state index in [0.717, 1.165) is 42.6 Å². The Bertz CT molecular complexity index is 546. The highest BCUT2D eigenvalue weighted by Gasteiger charge is 2.19. The lowest BCUT2D eigenvalue weighted by atomic mass is 10.2. The van der Waals surface area contributed by atoms with E-state index in [1.807, 2.05) is 6.20 Å². The molecule has 0 aliphatic heterocycles. The monoisotopic (exact) mass is 288 g/mol. The molecule has 1 heterocycles. The van der Waals surface area contributed by atoms with E-state index in [9.17, 15) is 0 Å². The lowest BCUT2D eigenvalue weighted by molar-refractivity contribution is 0.491. The summed E-state index contributed by atoms with van der Waals surface area (Å²) in [6.45, 7) is 1.06. The number of hydrogen-bond acceptors (Lipinski definition) is 4. The minimum atomic E-state index is 0.782. The Labute approximate surface area is 124 Å². The standard InChI is InChI=1S/C16H20N2OS/c1-20-14-8-4-12(5-9-14)15-11-18-16(19-15)3-2-10-17-13-6-7-13/h4-5,8-9,11,13,17H,2-3,6-7,10H2,1H3. The van der Waals surface area contributed by atoms with E-state index in [4.69, 9.17) is 4.42 Å².